The van der Waals surface area contributed by atoms with E-state index in [1.807, 2.05) is 16.8 Å². The van der Waals surface area contributed by atoms with Gasteiger partial charge in [0, 0.05) is 34.0 Å². The van der Waals surface area contributed by atoms with Gasteiger partial charge in [-0.05, 0) is 41.3 Å². The first-order valence-corrected chi connectivity index (χ1v) is 9.59. The van der Waals surface area contributed by atoms with E-state index < -0.39 is 17.7 Å². The number of nitrogens with zero attached hydrogens (tertiary/aromatic N) is 1. The van der Waals surface area contributed by atoms with Crippen molar-refractivity contribution in [2.24, 2.45) is 0 Å². The second-order valence-electron chi connectivity index (χ2n) is 6.43. The number of halogens is 3. The topological polar surface area (TPSA) is 55.0 Å². The van der Waals surface area contributed by atoms with Crippen LogP contribution in [0.3, 0.4) is 0 Å². The molecular weight excluding hydrogens is 401 g/mol. The van der Waals surface area contributed by atoms with Crippen LogP contribution in [-0.2, 0) is 17.3 Å². The highest BCUT2D eigenvalue weighted by molar-refractivity contribution is 7.08. The zero-order valence-electron chi connectivity index (χ0n) is 15.2. The maximum Gasteiger partial charge on any atom is 0.416 e. The molecule has 0 aliphatic rings. The van der Waals surface area contributed by atoms with Gasteiger partial charge in [-0.1, -0.05) is 12.1 Å². The van der Waals surface area contributed by atoms with E-state index in [-0.39, 0.29) is 5.69 Å². The van der Waals surface area contributed by atoms with Crippen LogP contribution in [0.5, 0.6) is 0 Å². The molecule has 0 amide bonds. The van der Waals surface area contributed by atoms with Crippen LogP contribution in [0.2, 0.25) is 0 Å². The molecule has 0 aliphatic carbocycles. The van der Waals surface area contributed by atoms with Crippen LogP contribution in [0, 0.1) is 0 Å². The van der Waals surface area contributed by atoms with Crippen molar-refractivity contribution in [3.63, 3.8) is 0 Å². The Bertz CT molecular complexity index is 1180. The molecule has 0 atom stereocenters. The average Bonchev–Trinajstić information content (AvgIpc) is 3.35. The zero-order valence-corrected chi connectivity index (χ0v) is 16.0. The van der Waals surface area contributed by atoms with Gasteiger partial charge in [-0.15, -0.1) is 0 Å². The highest BCUT2D eigenvalue weighted by Crippen LogP contribution is 2.36. The molecule has 148 valence electrons. The summed E-state index contributed by atoms with van der Waals surface area (Å²) in [5, 5.41) is 4.52. The van der Waals surface area contributed by atoms with Gasteiger partial charge in [-0.25, -0.2) is 9.78 Å². The van der Waals surface area contributed by atoms with Crippen molar-refractivity contribution in [1.82, 2.24) is 9.97 Å². The fourth-order valence-electron chi connectivity index (χ4n) is 3.25. The van der Waals surface area contributed by atoms with Gasteiger partial charge in [0.15, 0.2) is 0 Å². The Kier molecular flexibility index (Phi) is 4.87. The zero-order chi connectivity index (χ0) is 20.6. The molecule has 0 unspecified atom stereocenters. The molecule has 3 heterocycles. The van der Waals surface area contributed by atoms with E-state index in [0.29, 0.717) is 23.0 Å². The Morgan fingerprint density at radius 3 is 2.72 bits per heavy atom. The minimum absolute atomic E-state index is 0.182. The maximum absolute atomic E-state index is 13.1. The molecule has 0 saturated heterocycles. The van der Waals surface area contributed by atoms with Crippen LogP contribution in [0.15, 0.2) is 53.2 Å². The number of carbonyl (C=O) groups excluding carboxylic acids is 1. The summed E-state index contributed by atoms with van der Waals surface area (Å²) in [5.74, 6) is -0.543. The number of aromatic nitrogens is 2. The van der Waals surface area contributed by atoms with Gasteiger partial charge < -0.3 is 9.72 Å². The number of esters is 1. The number of methoxy groups -OCH3 is 1. The molecule has 8 heteroatoms. The van der Waals surface area contributed by atoms with Gasteiger partial charge in [0.1, 0.15) is 5.69 Å². The van der Waals surface area contributed by atoms with E-state index in [1.54, 1.807) is 18.2 Å². The second-order valence-corrected chi connectivity index (χ2v) is 7.21. The number of ether oxygens (including phenoxy) is 1. The third kappa shape index (κ3) is 3.75. The molecule has 1 N–H and O–H groups in total. The Labute approximate surface area is 168 Å². The maximum atomic E-state index is 13.1. The van der Waals surface area contributed by atoms with Crippen LogP contribution in [0.25, 0.3) is 22.2 Å². The summed E-state index contributed by atoms with van der Waals surface area (Å²) in [5.41, 5.74) is 2.94. The van der Waals surface area contributed by atoms with E-state index in [0.717, 1.165) is 29.0 Å². The summed E-state index contributed by atoms with van der Waals surface area (Å²) in [7, 11) is 1.28. The van der Waals surface area contributed by atoms with E-state index in [4.69, 9.17) is 4.74 Å². The fourth-order valence-corrected chi connectivity index (χ4v) is 3.89. The number of aromatic amines is 1. The molecule has 0 spiro atoms. The normalized spacial score (nSPS) is 11.7. The molecule has 29 heavy (non-hydrogen) atoms. The fraction of sp³-hybridized carbons (Fsp3) is 0.143. The number of pyridine rings is 1. The van der Waals surface area contributed by atoms with E-state index >= 15 is 0 Å². The number of benzene rings is 1. The van der Waals surface area contributed by atoms with Crippen molar-refractivity contribution in [1.29, 1.82) is 0 Å². The Balaban J connectivity index is 1.84. The van der Waals surface area contributed by atoms with Gasteiger partial charge in [0.2, 0.25) is 0 Å². The second kappa shape index (κ2) is 7.36. The molecule has 4 aromatic rings. The quantitative estimate of drug-likeness (QED) is 0.435. The highest BCUT2D eigenvalue weighted by atomic mass is 32.1. The van der Waals surface area contributed by atoms with Crippen LogP contribution in [-0.4, -0.2) is 23.0 Å². The molecule has 0 fully saturated rings. The molecule has 0 radical (unpaired) electrons. The van der Waals surface area contributed by atoms with Gasteiger partial charge in [0.05, 0.1) is 18.4 Å². The van der Waals surface area contributed by atoms with E-state index in [1.165, 1.54) is 24.5 Å². The number of fused-ring (bicyclic) bond motifs is 1. The minimum Gasteiger partial charge on any atom is -0.464 e. The molecule has 4 rings (SSSR count). The van der Waals surface area contributed by atoms with Crippen molar-refractivity contribution >= 4 is 28.2 Å². The molecule has 0 aliphatic heterocycles. The van der Waals surface area contributed by atoms with Crippen molar-refractivity contribution in [3.05, 3.63) is 75.7 Å². The van der Waals surface area contributed by atoms with Gasteiger partial charge in [-0.3, -0.25) is 0 Å². The highest BCUT2D eigenvalue weighted by Gasteiger charge is 2.31. The van der Waals surface area contributed by atoms with Gasteiger partial charge >= 0.3 is 12.1 Å². The number of nitrogens with one attached hydrogen (secondary N) is 1. The molecule has 3 aromatic heterocycles. The lowest BCUT2D eigenvalue weighted by Gasteiger charge is -2.07. The Morgan fingerprint density at radius 2 is 2.03 bits per heavy atom. The van der Waals surface area contributed by atoms with Crippen molar-refractivity contribution in [2.45, 2.75) is 12.6 Å². The van der Waals surface area contributed by atoms with Gasteiger partial charge in [-0.2, -0.15) is 24.5 Å². The summed E-state index contributed by atoms with van der Waals surface area (Å²) >= 11 is 1.50. The number of hydrogen-bond donors (Lipinski definition) is 1. The van der Waals surface area contributed by atoms with E-state index in [2.05, 4.69) is 9.97 Å². The van der Waals surface area contributed by atoms with Gasteiger partial charge in [0.25, 0.3) is 0 Å². The lowest BCUT2D eigenvalue weighted by Crippen LogP contribution is -2.06. The van der Waals surface area contributed by atoms with Crippen LogP contribution in [0.1, 0.15) is 27.3 Å². The van der Waals surface area contributed by atoms with Crippen molar-refractivity contribution in [2.75, 3.05) is 7.11 Å². The number of H-pyrrole nitrogens is 1. The first-order chi connectivity index (χ1) is 13.9. The first kappa shape index (κ1) is 19.2. The molecule has 1 aromatic carbocycles. The smallest absolute Gasteiger partial charge is 0.416 e. The molecular formula is C21H15F3N2O2S. The van der Waals surface area contributed by atoms with Crippen molar-refractivity contribution < 1.29 is 22.7 Å². The summed E-state index contributed by atoms with van der Waals surface area (Å²) in [4.78, 5) is 19.2. The van der Waals surface area contributed by atoms with Crippen LogP contribution >= 0.6 is 11.3 Å². The summed E-state index contributed by atoms with van der Waals surface area (Å²) in [6.45, 7) is 0. The molecule has 4 nitrogen and oxygen atoms in total. The Hall–Kier alpha value is -3.13. The molecule has 0 saturated carbocycles. The predicted octanol–water partition coefficient (Wildman–Crippen LogP) is 5.69. The predicted molar refractivity (Wildman–Crippen MR) is 105 cm³/mol. The lowest BCUT2D eigenvalue weighted by molar-refractivity contribution is -0.137. The standard InChI is InChI=1S/C21H15F3N2O2S/c1-28-20(27)17-4-2-3-14(25-17)10-16-15-6-5-13(21(22,23)24)9-18(15)26-19(16)12-7-8-29-11-12/h2-9,11,26H,10H2,1H3. The van der Waals surface area contributed by atoms with Crippen LogP contribution < -0.4 is 0 Å². The summed E-state index contributed by atoms with van der Waals surface area (Å²) in [6, 6.07) is 10.6. The largest absolute Gasteiger partial charge is 0.464 e. The van der Waals surface area contributed by atoms with Crippen molar-refractivity contribution in [3.8, 4) is 11.3 Å². The Morgan fingerprint density at radius 1 is 1.21 bits per heavy atom. The number of rotatable bonds is 4. The van der Waals surface area contributed by atoms with Crippen LogP contribution in [0.4, 0.5) is 13.2 Å². The molecule has 0 bridgehead atoms. The SMILES string of the molecule is COC(=O)c1cccc(Cc2c(-c3ccsc3)[nH]c3cc(C(F)(F)F)ccc23)n1. The number of carbonyl (C=O) groups is 1. The number of hydrogen-bond acceptors (Lipinski definition) is 4. The first-order valence-electron chi connectivity index (χ1n) is 8.65. The average molecular weight is 416 g/mol. The third-order valence-corrected chi connectivity index (χ3v) is 5.29. The summed E-state index contributed by atoms with van der Waals surface area (Å²) in [6.07, 6.45) is -4.07. The number of thiophene rings is 1. The van der Waals surface area contributed by atoms with E-state index in [9.17, 15) is 18.0 Å². The lowest BCUT2D eigenvalue weighted by atomic mass is 10.0. The third-order valence-electron chi connectivity index (χ3n) is 4.60. The minimum atomic E-state index is -4.42. The monoisotopic (exact) mass is 416 g/mol. The summed E-state index contributed by atoms with van der Waals surface area (Å²) < 4.78 is 44.1. The number of alkyl halides is 3.